The summed E-state index contributed by atoms with van der Waals surface area (Å²) in [5.74, 6) is -0.421. The van der Waals surface area contributed by atoms with Gasteiger partial charge in [0.15, 0.2) is 0 Å². The van der Waals surface area contributed by atoms with Crippen molar-refractivity contribution in [2.24, 2.45) is 0 Å². The van der Waals surface area contributed by atoms with Gasteiger partial charge in [-0.1, -0.05) is 6.07 Å². The van der Waals surface area contributed by atoms with E-state index in [4.69, 9.17) is 4.74 Å². The van der Waals surface area contributed by atoms with Gasteiger partial charge in [-0.15, -0.1) is 11.8 Å². The predicted octanol–water partition coefficient (Wildman–Crippen LogP) is 4.13. The van der Waals surface area contributed by atoms with Gasteiger partial charge in [0.1, 0.15) is 5.75 Å². The average molecular weight is 359 g/mol. The fourth-order valence-electron chi connectivity index (χ4n) is 2.36. The molecule has 0 aliphatic rings. The number of carbonyl (C=O) groups is 2. The zero-order valence-electron chi connectivity index (χ0n) is 14.6. The molecule has 0 aliphatic carbocycles. The van der Waals surface area contributed by atoms with Crippen LogP contribution in [-0.2, 0) is 4.79 Å². The third-order valence-electron chi connectivity index (χ3n) is 3.80. The molecule has 0 bridgehead atoms. The van der Waals surface area contributed by atoms with Gasteiger partial charge < -0.3 is 15.2 Å². The van der Waals surface area contributed by atoms with Gasteiger partial charge in [0.2, 0.25) is 5.91 Å². The van der Waals surface area contributed by atoms with Crippen molar-refractivity contribution in [2.45, 2.75) is 30.9 Å². The molecule has 6 heteroatoms. The van der Waals surface area contributed by atoms with Gasteiger partial charge >= 0.3 is 5.97 Å². The maximum atomic E-state index is 12.5. The van der Waals surface area contributed by atoms with Crippen LogP contribution in [0.4, 0.5) is 5.69 Å². The first-order chi connectivity index (χ1) is 11.8. The van der Waals surface area contributed by atoms with Crippen LogP contribution in [0.15, 0.2) is 41.3 Å². The number of aryl methyl sites for hydroxylation is 2. The highest BCUT2D eigenvalue weighted by molar-refractivity contribution is 8.00. The van der Waals surface area contributed by atoms with Gasteiger partial charge in [0, 0.05) is 10.6 Å². The summed E-state index contributed by atoms with van der Waals surface area (Å²) in [4.78, 5) is 24.7. The van der Waals surface area contributed by atoms with Gasteiger partial charge in [-0.25, -0.2) is 4.79 Å². The summed E-state index contributed by atoms with van der Waals surface area (Å²) < 4.78 is 5.12. The number of carboxylic acid groups (broad SMARTS) is 1. The van der Waals surface area contributed by atoms with Gasteiger partial charge in [-0.05, 0) is 62.2 Å². The normalized spacial score (nSPS) is 11.7. The molecule has 1 atom stereocenters. The summed E-state index contributed by atoms with van der Waals surface area (Å²) in [7, 11) is 1.60. The fourth-order valence-corrected chi connectivity index (χ4v) is 3.23. The topological polar surface area (TPSA) is 75.6 Å². The first-order valence-electron chi connectivity index (χ1n) is 7.78. The van der Waals surface area contributed by atoms with Gasteiger partial charge in [0.25, 0.3) is 0 Å². The van der Waals surface area contributed by atoms with E-state index in [9.17, 15) is 14.7 Å². The molecule has 0 heterocycles. The number of nitrogens with one attached hydrogen (secondary N) is 1. The summed E-state index contributed by atoms with van der Waals surface area (Å²) in [6.45, 7) is 5.39. The molecule has 0 saturated heterocycles. The number of anilines is 1. The second kappa shape index (κ2) is 8.07. The molecular formula is C19H21NO4S. The third kappa shape index (κ3) is 4.76. The van der Waals surface area contributed by atoms with Crippen LogP contribution in [0.1, 0.15) is 28.4 Å². The van der Waals surface area contributed by atoms with E-state index in [-0.39, 0.29) is 16.7 Å². The standard InChI is InChI=1S/C19H21NO4S/c1-11-9-12(2)17(10-16(11)19(22)23)20-18(21)13(3)25-15-7-5-14(24-4)6-8-15/h5-10,13H,1-4H3,(H,20,21)(H,22,23). The number of ether oxygens (including phenoxy) is 1. The Bertz CT molecular complexity index is 787. The second-order valence-electron chi connectivity index (χ2n) is 5.71. The minimum atomic E-state index is -1.01. The number of amides is 1. The molecule has 2 N–H and O–H groups in total. The number of aromatic carboxylic acids is 1. The molecule has 5 nitrogen and oxygen atoms in total. The van der Waals surface area contributed by atoms with Crippen LogP contribution in [0.2, 0.25) is 0 Å². The van der Waals surface area contributed by atoms with Crippen molar-refractivity contribution in [1.82, 2.24) is 0 Å². The molecule has 1 unspecified atom stereocenters. The summed E-state index contributed by atoms with van der Waals surface area (Å²) in [5.41, 5.74) is 2.22. The van der Waals surface area contributed by atoms with Crippen molar-refractivity contribution in [3.63, 3.8) is 0 Å². The number of rotatable bonds is 6. The lowest BCUT2D eigenvalue weighted by molar-refractivity contribution is -0.115. The van der Waals surface area contributed by atoms with Crippen molar-refractivity contribution in [1.29, 1.82) is 0 Å². The molecule has 0 radical (unpaired) electrons. The van der Waals surface area contributed by atoms with Crippen molar-refractivity contribution in [3.8, 4) is 5.75 Å². The zero-order valence-corrected chi connectivity index (χ0v) is 15.4. The highest BCUT2D eigenvalue weighted by Gasteiger charge is 2.17. The molecule has 2 aromatic rings. The predicted molar refractivity (Wildman–Crippen MR) is 99.8 cm³/mol. The molecule has 132 valence electrons. The Morgan fingerprint density at radius 2 is 1.76 bits per heavy atom. The Morgan fingerprint density at radius 1 is 1.12 bits per heavy atom. The van der Waals surface area contributed by atoms with Crippen molar-refractivity contribution >= 4 is 29.3 Å². The Balaban J connectivity index is 2.10. The third-order valence-corrected chi connectivity index (χ3v) is 4.91. The summed E-state index contributed by atoms with van der Waals surface area (Å²) in [5, 5.41) is 11.7. The minimum Gasteiger partial charge on any atom is -0.497 e. The lowest BCUT2D eigenvalue weighted by atomic mass is 10.0. The number of thioether (sulfide) groups is 1. The number of hydrogen-bond donors (Lipinski definition) is 2. The van der Waals surface area contributed by atoms with Crippen LogP contribution in [0.3, 0.4) is 0 Å². The molecule has 0 saturated carbocycles. The van der Waals surface area contributed by atoms with Crippen LogP contribution >= 0.6 is 11.8 Å². The molecule has 2 rings (SSSR count). The molecule has 1 amide bonds. The number of methoxy groups -OCH3 is 1. The molecule has 0 aliphatic heterocycles. The lowest BCUT2D eigenvalue weighted by Gasteiger charge is -2.15. The van der Waals surface area contributed by atoms with E-state index in [0.717, 1.165) is 16.2 Å². The Labute approximate surface area is 151 Å². The van der Waals surface area contributed by atoms with E-state index in [0.29, 0.717) is 11.3 Å². The SMILES string of the molecule is COc1ccc(SC(C)C(=O)Nc2cc(C(=O)O)c(C)cc2C)cc1. The lowest BCUT2D eigenvalue weighted by Crippen LogP contribution is -2.23. The quantitative estimate of drug-likeness (QED) is 0.759. The fraction of sp³-hybridized carbons (Fsp3) is 0.263. The molecule has 0 fully saturated rings. The molecule has 25 heavy (non-hydrogen) atoms. The van der Waals surface area contributed by atoms with Crippen LogP contribution < -0.4 is 10.1 Å². The van der Waals surface area contributed by atoms with Crippen LogP contribution in [0.5, 0.6) is 5.75 Å². The summed E-state index contributed by atoms with van der Waals surface area (Å²) >= 11 is 1.43. The van der Waals surface area contributed by atoms with Crippen LogP contribution in [-0.4, -0.2) is 29.3 Å². The van der Waals surface area contributed by atoms with Crippen molar-refractivity contribution in [2.75, 3.05) is 12.4 Å². The van der Waals surface area contributed by atoms with Crippen LogP contribution in [0.25, 0.3) is 0 Å². The highest BCUT2D eigenvalue weighted by atomic mass is 32.2. The highest BCUT2D eigenvalue weighted by Crippen LogP contribution is 2.27. The zero-order chi connectivity index (χ0) is 18.6. The van der Waals surface area contributed by atoms with E-state index in [2.05, 4.69) is 5.32 Å². The number of benzene rings is 2. The van der Waals surface area contributed by atoms with E-state index >= 15 is 0 Å². The molecule has 0 spiro atoms. The minimum absolute atomic E-state index is 0.177. The smallest absolute Gasteiger partial charge is 0.336 e. The number of carbonyl (C=O) groups excluding carboxylic acids is 1. The van der Waals surface area contributed by atoms with E-state index in [1.165, 1.54) is 17.8 Å². The second-order valence-corrected chi connectivity index (χ2v) is 7.13. The van der Waals surface area contributed by atoms with Crippen molar-refractivity contribution in [3.05, 3.63) is 53.1 Å². The molecule has 0 aromatic heterocycles. The molecule has 2 aromatic carbocycles. The Hall–Kier alpha value is -2.47. The number of hydrogen-bond acceptors (Lipinski definition) is 4. The maximum absolute atomic E-state index is 12.5. The van der Waals surface area contributed by atoms with Gasteiger partial charge in [-0.3, -0.25) is 4.79 Å². The van der Waals surface area contributed by atoms with Crippen molar-refractivity contribution < 1.29 is 19.4 Å². The number of carboxylic acids is 1. The first-order valence-corrected chi connectivity index (χ1v) is 8.66. The monoisotopic (exact) mass is 359 g/mol. The maximum Gasteiger partial charge on any atom is 0.336 e. The van der Waals surface area contributed by atoms with Crippen LogP contribution in [0, 0.1) is 13.8 Å². The Morgan fingerprint density at radius 3 is 2.32 bits per heavy atom. The van der Waals surface area contributed by atoms with E-state index in [1.807, 2.05) is 38.1 Å². The van der Waals surface area contributed by atoms with Gasteiger partial charge in [0.05, 0.1) is 17.9 Å². The van der Waals surface area contributed by atoms with Gasteiger partial charge in [-0.2, -0.15) is 0 Å². The average Bonchev–Trinajstić information content (AvgIpc) is 2.57. The van der Waals surface area contributed by atoms with E-state index < -0.39 is 5.97 Å². The Kier molecular flexibility index (Phi) is 6.09. The summed E-state index contributed by atoms with van der Waals surface area (Å²) in [6, 6.07) is 10.8. The molecular weight excluding hydrogens is 338 g/mol. The van der Waals surface area contributed by atoms with E-state index in [1.54, 1.807) is 20.1 Å². The first kappa shape index (κ1) is 18.9. The summed E-state index contributed by atoms with van der Waals surface area (Å²) in [6.07, 6.45) is 0. The largest absolute Gasteiger partial charge is 0.497 e.